The third kappa shape index (κ3) is 8.60. The molecule has 0 saturated carbocycles. The third-order valence-electron chi connectivity index (χ3n) is 4.12. The standard InChI is InChI=1S/C14H22N4O.C8H11N/c1-11(2)3-4-12(15)9-18(16)14-7-5-13(6-8-14)17-10-19;1-7-5-3-4-6-8(7)9-2/h5-11H,3-4,15-16H2,1-2H3,(H,17,19);3-6,9H,1-2H3/b12-9-;. The molecule has 0 aliphatic carbocycles. The van der Waals surface area contributed by atoms with Gasteiger partial charge >= 0.3 is 0 Å². The summed E-state index contributed by atoms with van der Waals surface area (Å²) < 4.78 is 0. The van der Waals surface area contributed by atoms with Gasteiger partial charge in [-0.05, 0) is 61.6 Å². The van der Waals surface area contributed by atoms with E-state index in [2.05, 4.69) is 43.5 Å². The zero-order chi connectivity index (χ0) is 20.9. The number of nitrogens with one attached hydrogen (secondary N) is 2. The zero-order valence-electron chi connectivity index (χ0n) is 17.3. The molecule has 0 fully saturated rings. The predicted octanol–water partition coefficient (Wildman–Crippen LogP) is 4.21. The van der Waals surface area contributed by atoms with E-state index in [0.29, 0.717) is 12.3 Å². The van der Waals surface area contributed by atoms with Crippen molar-refractivity contribution >= 4 is 23.5 Å². The maximum atomic E-state index is 10.3. The molecule has 2 aromatic carbocycles. The van der Waals surface area contributed by atoms with Gasteiger partial charge in [-0.1, -0.05) is 32.0 Å². The quantitative estimate of drug-likeness (QED) is 0.311. The molecule has 0 aromatic heterocycles. The Morgan fingerprint density at radius 3 is 2.29 bits per heavy atom. The Morgan fingerprint density at radius 2 is 1.79 bits per heavy atom. The van der Waals surface area contributed by atoms with Crippen LogP contribution in [0.1, 0.15) is 32.3 Å². The van der Waals surface area contributed by atoms with Gasteiger partial charge in [0.15, 0.2) is 0 Å². The molecule has 0 bridgehead atoms. The van der Waals surface area contributed by atoms with E-state index in [-0.39, 0.29) is 0 Å². The van der Waals surface area contributed by atoms with Crippen LogP contribution in [0.3, 0.4) is 0 Å². The number of carbonyl (C=O) groups excluding carboxylic acids is 1. The Labute approximate surface area is 168 Å². The number of nitrogens with two attached hydrogens (primary N) is 2. The van der Waals surface area contributed by atoms with E-state index in [4.69, 9.17) is 11.6 Å². The molecule has 1 amide bonds. The highest BCUT2D eigenvalue weighted by Crippen LogP contribution is 2.17. The van der Waals surface area contributed by atoms with Gasteiger partial charge in [0, 0.05) is 30.3 Å². The van der Waals surface area contributed by atoms with Crippen LogP contribution in [0.4, 0.5) is 17.1 Å². The molecule has 0 radical (unpaired) electrons. The summed E-state index contributed by atoms with van der Waals surface area (Å²) in [6.07, 6.45) is 4.23. The monoisotopic (exact) mass is 383 g/mol. The molecule has 0 atom stereocenters. The van der Waals surface area contributed by atoms with Crippen molar-refractivity contribution < 1.29 is 4.79 Å². The van der Waals surface area contributed by atoms with Crippen LogP contribution >= 0.6 is 0 Å². The number of benzene rings is 2. The summed E-state index contributed by atoms with van der Waals surface area (Å²) >= 11 is 0. The summed E-state index contributed by atoms with van der Waals surface area (Å²) in [5.41, 5.74) is 10.7. The lowest BCUT2D eigenvalue weighted by molar-refractivity contribution is -0.105. The van der Waals surface area contributed by atoms with E-state index in [1.54, 1.807) is 18.3 Å². The van der Waals surface area contributed by atoms with E-state index in [1.807, 2.05) is 31.3 Å². The third-order valence-corrected chi connectivity index (χ3v) is 4.12. The van der Waals surface area contributed by atoms with Gasteiger partial charge in [0.1, 0.15) is 0 Å². The first kappa shape index (κ1) is 23.0. The van der Waals surface area contributed by atoms with Gasteiger partial charge in [0.05, 0.1) is 5.69 Å². The van der Waals surface area contributed by atoms with Gasteiger partial charge in [-0.3, -0.25) is 9.80 Å². The van der Waals surface area contributed by atoms with Crippen LogP contribution in [-0.2, 0) is 4.79 Å². The van der Waals surface area contributed by atoms with Crippen LogP contribution in [0.5, 0.6) is 0 Å². The molecule has 28 heavy (non-hydrogen) atoms. The van der Waals surface area contributed by atoms with Crippen LogP contribution in [0.2, 0.25) is 0 Å². The maximum Gasteiger partial charge on any atom is 0.211 e. The molecule has 6 heteroatoms. The number of allylic oxidation sites excluding steroid dienone is 1. The van der Waals surface area contributed by atoms with Crippen LogP contribution in [0.25, 0.3) is 0 Å². The summed E-state index contributed by atoms with van der Waals surface area (Å²) in [6.45, 7) is 6.41. The lowest BCUT2D eigenvalue weighted by Crippen LogP contribution is -2.26. The molecular weight excluding hydrogens is 350 g/mol. The first-order valence-corrected chi connectivity index (χ1v) is 9.41. The van der Waals surface area contributed by atoms with Gasteiger partial charge in [0.2, 0.25) is 6.41 Å². The second-order valence-electron chi connectivity index (χ2n) is 6.92. The minimum atomic E-state index is 0.617. The number of amides is 1. The van der Waals surface area contributed by atoms with Gasteiger partial charge in [0.25, 0.3) is 0 Å². The number of aryl methyl sites for hydroxylation is 1. The van der Waals surface area contributed by atoms with Crippen LogP contribution in [-0.4, -0.2) is 13.5 Å². The summed E-state index contributed by atoms with van der Waals surface area (Å²) in [6, 6.07) is 15.4. The van der Waals surface area contributed by atoms with Crippen molar-refractivity contribution in [2.45, 2.75) is 33.6 Å². The highest BCUT2D eigenvalue weighted by molar-refractivity contribution is 5.72. The van der Waals surface area contributed by atoms with E-state index in [9.17, 15) is 4.79 Å². The molecule has 6 nitrogen and oxygen atoms in total. The van der Waals surface area contributed by atoms with Crippen LogP contribution in [0.15, 0.2) is 60.4 Å². The number of hydrogen-bond donors (Lipinski definition) is 4. The lowest BCUT2D eigenvalue weighted by Gasteiger charge is -2.16. The average Bonchev–Trinajstić information content (AvgIpc) is 2.68. The van der Waals surface area contributed by atoms with Gasteiger partial charge < -0.3 is 16.4 Å². The van der Waals surface area contributed by atoms with Crippen molar-refractivity contribution in [2.24, 2.45) is 17.5 Å². The van der Waals surface area contributed by atoms with Crippen LogP contribution in [0, 0.1) is 12.8 Å². The van der Waals surface area contributed by atoms with Crippen molar-refractivity contribution in [3.63, 3.8) is 0 Å². The highest BCUT2D eigenvalue weighted by atomic mass is 16.1. The molecule has 0 unspecified atom stereocenters. The van der Waals surface area contributed by atoms with E-state index in [1.165, 1.54) is 16.3 Å². The van der Waals surface area contributed by atoms with Gasteiger partial charge in [-0.2, -0.15) is 0 Å². The van der Waals surface area contributed by atoms with E-state index >= 15 is 0 Å². The molecule has 0 saturated heterocycles. The molecule has 0 heterocycles. The van der Waals surface area contributed by atoms with Crippen molar-refractivity contribution in [3.05, 3.63) is 66.0 Å². The molecule has 0 aliphatic heterocycles. The number of nitrogens with zero attached hydrogens (tertiary/aromatic N) is 1. The fourth-order valence-corrected chi connectivity index (χ4v) is 2.42. The van der Waals surface area contributed by atoms with E-state index < -0.39 is 0 Å². The SMILES string of the molecule is CC(C)CC/C(N)=C/N(N)c1ccc(NC=O)cc1.CNc1ccccc1C. The topological polar surface area (TPSA) is 96.4 Å². The van der Waals surface area contributed by atoms with Crippen molar-refractivity contribution in [1.29, 1.82) is 0 Å². The Kier molecular flexibility index (Phi) is 10.2. The fourth-order valence-electron chi connectivity index (χ4n) is 2.42. The summed E-state index contributed by atoms with van der Waals surface area (Å²) in [7, 11) is 1.93. The van der Waals surface area contributed by atoms with Crippen LogP contribution < -0.4 is 27.2 Å². The Hall–Kier alpha value is -2.99. The lowest BCUT2D eigenvalue weighted by atomic mass is 10.1. The smallest absolute Gasteiger partial charge is 0.211 e. The first-order valence-electron chi connectivity index (χ1n) is 9.41. The molecule has 152 valence electrons. The molecule has 2 rings (SSSR count). The Morgan fingerprint density at radius 1 is 1.14 bits per heavy atom. The number of hydrazine groups is 1. The fraction of sp³-hybridized carbons (Fsp3) is 0.318. The molecule has 6 N–H and O–H groups in total. The number of para-hydroxylation sites is 1. The Balaban J connectivity index is 0.000000362. The predicted molar refractivity (Wildman–Crippen MR) is 120 cm³/mol. The molecular formula is C22H33N5O. The van der Waals surface area contributed by atoms with E-state index in [0.717, 1.165) is 29.9 Å². The summed E-state index contributed by atoms with van der Waals surface area (Å²) in [5.74, 6) is 6.53. The molecule has 0 spiro atoms. The van der Waals surface area contributed by atoms with Crippen molar-refractivity contribution in [2.75, 3.05) is 22.7 Å². The second-order valence-corrected chi connectivity index (χ2v) is 6.92. The number of hydrogen-bond acceptors (Lipinski definition) is 5. The summed E-state index contributed by atoms with van der Waals surface area (Å²) in [4.78, 5) is 10.3. The molecule has 2 aromatic rings. The normalized spacial score (nSPS) is 10.7. The number of carbonyl (C=O) groups is 1. The number of anilines is 3. The first-order chi connectivity index (χ1) is 13.4. The summed E-state index contributed by atoms with van der Waals surface area (Å²) in [5, 5.41) is 7.15. The minimum absolute atomic E-state index is 0.617. The zero-order valence-corrected chi connectivity index (χ0v) is 17.3. The Bertz CT molecular complexity index is 741. The second kappa shape index (κ2) is 12.4. The van der Waals surface area contributed by atoms with Crippen molar-refractivity contribution in [3.8, 4) is 0 Å². The molecule has 0 aliphatic rings. The minimum Gasteiger partial charge on any atom is -0.401 e. The number of rotatable bonds is 8. The van der Waals surface area contributed by atoms with Crippen molar-refractivity contribution in [1.82, 2.24) is 0 Å². The van der Waals surface area contributed by atoms with Gasteiger partial charge in [-0.25, -0.2) is 5.84 Å². The maximum absolute atomic E-state index is 10.3. The average molecular weight is 384 g/mol. The van der Waals surface area contributed by atoms with Gasteiger partial charge in [-0.15, -0.1) is 0 Å². The largest absolute Gasteiger partial charge is 0.401 e. The highest BCUT2D eigenvalue weighted by Gasteiger charge is 2.01.